The summed E-state index contributed by atoms with van der Waals surface area (Å²) in [7, 11) is 0. The third-order valence-corrected chi connectivity index (χ3v) is 5.41. The maximum Gasteiger partial charge on any atom is 0.127 e. The van der Waals surface area contributed by atoms with Crippen molar-refractivity contribution < 1.29 is 4.74 Å². The summed E-state index contributed by atoms with van der Waals surface area (Å²) >= 11 is 5.98. The third-order valence-electron chi connectivity index (χ3n) is 5.16. The lowest BCUT2D eigenvalue weighted by molar-refractivity contribution is 0.260. The van der Waals surface area contributed by atoms with Crippen molar-refractivity contribution in [3.05, 3.63) is 131 Å². The average molecular weight is 428 g/mol. The van der Waals surface area contributed by atoms with Gasteiger partial charge in [-0.1, -0.05) is 84.4 Å². The maximum atomic E-state index is 6.03. The van der Waals surface area contributed by atoms with Crippen molar-refractivity contribution in [1.29, 1.82) is 0 Å². The molecule has 4 aromatic carbocycles. The Morgan fingerprint density at radius 1 is 0.581 bits per heavy atom. The Labute approximate surface area is 189 Å². The van der Waals surface area contributed by atoms with Crippen LogP contribution in [0.5, 0.6) is 11.5 Å². The lowest BCUT2D eigenvalue weighted by Crippen LogP contribution is -2.25. The molecule has 4 aromatic rings. The fourth-order valence-corrected chi connectivity index (χ4v) is 3.72. The van der Waals surface area contributed by atoms with Gasteiger partial charge in [0, 0.05) is 24.7 Å². The van der Waals surface area contributed by atoms with Crippen LogP contribution in [0.1, 0.15) is 16.7 Å². The largest absolute Gasteiger partial charge is 0.457 e. The van der Waals surface area contributed by atoms with Crippen molar-refractivity contribution in [2.75, 3.05) is 6.54 Å². The van der Waals surface area contributed by atoms with Gasteiger partial charge < -0.3 is 4.74 Å². The number of ether oxygens (including phenoxy) is 1. The van der Waals surface area contributed by atoms with Crippen LogP contribution in [-0.2, 0) is 19.5 Å². The van der Waals surface area contributed by atoms with Gasteiger partial charge in [-0.2, -0.15) is 0 Å². The van der Waals surface area contributed by atoms with E-state index in [1.54, 1.807) is 0 Å². The van der Waals surface area contributed by atoms with E-state index in [4.69, 9.17) is 16.3 Å². The Hall–Kier alpha value is -3.07. The Morgan fingerprint density at radius 2 is 1.19 bits per heavy atom. The fourth-order valence-electron chi connectivity index (χ4n) is 3.59. The summed E-state index contributed by atoms with van der Waals surface area (Å²) in [5.41, 5.74) is 3.92. The summed E-state index contributed by atoms with van der Waals surface area (Å²) in [6.45, 7) is 2.76. The number of nitrogens with zero attached hydrogens (tertiary/aromatic N) is 1. The van der Waals surface area contributed by atoms with Crippen molar-refractivity contribution in [1.82, 2.24) is 4.90 Å². The Kier molecular flexibility index (Phi) is 7.38. The van der Waals surface area contributed by atoms with Gasteiger partial charge in [0.1, 0.15) is 11.5 Å². The predicted molar refractivity (Wildman–Crippen MR) is 129 cm³/mol. The van der Waals surface area contributed by atoms with Gasteiger partial charge in [-0.25, -0.2) is 0 Å². The van der Waals surface area contributed by atoms with Gasteiger partial charge in [0.15, 0.2) is 0 Å². The van der Waals surface area contributed by atoms with Gasteiger partial charge in [0.2, 0.25) is 0 Å². The zero-order chi connectivity index (χ0) is 21.3. The molecule has 0 aliphatic rings. The molecule has 0 fully saturated rings. The van der Waals surface area contributed by atoms with Crippen molar-refractivity contribution in [3.8, 4) is 11.5 Å². The van der Waals surface area contributed by atoms with E-state index in [0.29, 0.717) is 5.02 Å². The number of benzene rings is 4. The summed E-state index contributed by atoms with van der Waals surface area (Å²) in [5, 5.41) is 0.705. The van der Waals surface area contributed by atoms with Gasteiger partial charge in [0.05, 0.1) is 0 Å². The molecule has 3 heteroatoms. The van der Waals surface area contributed by atoms with E-state index in [2.05, 4.69) is 83.8 Å². The fraction of sp³-hybridized carbons (Fsp3) is 0.143. The second kappa shape index (κ2) is 10.8. The lowest BCUT2D eigenvalue weighted by Gasteiger charge is -2.23. The molecule has 156 valence electrons. The van der Waals surface area contributed by atoms with E-state index in [1.165, 1.54) is 16.7 Å². The number of hydrogen-bond donors (Lipinski definition) is 0. The minimum absolute atomic E-state index is 0.705. The standard InChI is InChI=1S/C28H26ClNO/c29-26-14-16-27(17-15-26)31-28-13-7-12-25(20-28)22-30(21-24-10-5-2-6-11-24)19-18-23-8-3-1-4-9-23/h1-17,20H,18-19,21-22H2. The summed E-state index contributed by atoms with van der Waals surface area (Å²) in [6, 6.07) is 37.1. The van der Waals surface area contributed by atoms with Crippen molar-refractivity contribution in [2.24, 2.45) is 0 Å². The highest BCUT2D eigenvalue weighted by molar-refractivity contribution is 6.30. The van der Waals surface area contributed by atoms with E-state index in [9.17, 15) is 0 Å². The first-order valence-electron chi connectivity index (χ1n) is 10.6. The first kappa shape index (κ1) is 21.2. The maximum absolute atomic E-state index is 6.03. The molecule has 2 nitrogen and oxygen atoms in total. The van der Waals surface area contributed by atoms with E-state index in [1.807, 2.05) is 30.3 Å². The minimum Gasteiger partial charge on any atom is -0.457 e. The molecule has 0 aliphatic heterocycles. The van der Waals surface area contributed by atoms with E-state index in [0.717, 1.165) is 37.6 Å². The van der Waals surface area contributed by atoms with Crippen LogP contribution in [-0.4, -0.2) is 11.4 Å². The molecule has 0 heterocycles. The Bertz CT molecular complexity index is 1060. The van der Waals surface area contributed by atoms with Crippen LogP contribution in [0.3, 0.4) is 0 Å². The zero-order valence-electron chi connectivity index (χ0n) is 17.5. The molecule has 0 aliphatic carbocycles. The molecule has 0 saturated heterocycles. The van der Waals surface area contributed by atoms with Crippen molar-refractivity contribution in [3.63, 3.8) is 0 Å². The van der Waals surface area contributed by atoms with Crippen LogP contribution in [0.25, 0.3) is 0 Å². The van der Waals surface area contributed by atoms with Crippen molar-refractivity contribution >= 4 is 11.6 Å². The molecular formula is C28H26ClNO. The predicted octanol–water partition coefficient (Wildman–Crippen LogP) is 7.38. The first-order chi connectivity index (χ1) is 15.2. The van der Waals surface area contributed by atoms with Gasteiger partial charge in [0.25, 0.3) is 0 Å². The highest BCUT2D eigenvalue weighted by atomic mass is 35.5. The van der Waals surface area contributed by atoms with Crippen LogP contribution in [0.4, 0.5) is 0 Å². The lowest BCUT2D eigenvalue weighted by atomic mass is 10.1. The second-order valence-corrected chi connectivity index (χ2v) is 8.07. The molecule has 0 atom stereocenters. The summed E-state index contributed by atoms with van der Waals surface area (Å²) in [5.74, 6) is 1.62. The molecule has 0 bridgehead atoms. The SMILES string of the molecule is Clc1ccc(Oc2cccc(CN(CCc3ccccc3)Cc3ccccc3)c2)cc1. The van der Waals surface area contributed by atoms with E-state index < -0.39 is 0 Å². The Balaban J connectivity index is 1.46. The summed E-state index contributed by atoms with van der Waals surface area (Å²) < 4.78 is 6.03. The molecule has 0 saturated carbocycles. The monoisotopic (exact) mass is 427 g/mol. The topological polar surface area (TPSA) is 12.5 Å². The quantitative estimate of drug-likeness (QED) is 0.276. The van der Waals surface area contributed by atoms with Crippen LogP contribution >= 0.6 is 11.6 Å². The number of halogens is 1. The van der Waals surface area contributed by atoms with Gasteiger partial charge in [-0.15, -0.1) is 0 Å². The van der Waals surface area contributed by atoms with Crippen LogP contribution < -0.4 is 4.74 Å². The number of hydrogen-bond acceptors (Lipinski definition) is 2. The Morgan fingerprint density at radius 3 is 1.90 bits per heavy atom. The van der Waals surface area contributed by atoms with E-state index in [-0.39, 0.29) is 0 Å². The zero-order valence-corrected chi connectivity index (χ0v) is 18.2. The molecule has 0 radical (unpaired) electrons. The summed E-state index contributed by atoms with van der Waals surface area (Å²) in [6.07, 6.45) is 1.02. The van der Waals surface area contributed by atoms with Crippen LogP contribution in [0.2, 0.25) is 5.02 Å². The normalized spacial score (nSPS) is 10.9. The molecule has 0 unspecified atom stereocenters. The van der Waals surface area contributed by atoms with Crippen LogP contribution in [0, 0.1) is 0 Å². The van der Waals surface area contributed by atoms with Crippen LogP contribution in [0.15, 0.2) is 109 Å². The third kappa shape index (κ3) is 6.71. The van der Waals surface area contributed by atoms with Gasteiger partial charge >= 0.3 is 0 Å². The minimum atomic E-state index is 0.705. The highest BCUT2D eigenvalue weighted by Crippen LogP contribution is 2.24. The first-order valence-corrected chi connectivity index (χ1v) is 10.9. The average Bonchev–Trinajstić information content (AvgIpc) is 2.81. The van der Waals surface area contributed by atoms with E-state index >= 15 is 0 Å². The molecule has 0 spiro atoms. The molecule has 0 aromatic heterocycles. The molecule has 0 N–H and O–H groups in total. The number of rotatable bonds is 9. The van der Waals surface area contributed by atoms with Crippen molar-refractivity contribution in [2.45, 2.75) is 19.5 Å². The van der Waals surface area contributed by atoms with Gasteiger partial charge in [-0.3, -0.25) is 4.90 Å². The second-order valence-electron chi connectivity index (χ2n) is 7.64. The summed E-state index contributed by atoms with van der Waals surface area (Å²) in [4.78, 5) is 2.49. The van der Waals surface area contributed by atoms with Gasteiger partial charge in [-0.05, 0) is 59.5 Å². The molecule has 4 rings (SSSR count). The molecule has 31 heavy (non-hydrogen) atoms. The molecule has 0 amide bonds. The molecular weight excluding hydrogens is 402 g/mol. The smallest absolute Gasteiger partial charge is 0.127 e. The highest BCUT2D eigenvalue weighted by Gasteiger charge is 2.09.